The van der Waals surface area contributed by atoms with E-state index in [4.69, 9.17) is 5.11 Å². The van der Waals surface area contributed by atoms with Gasteiger partial charge >= 0.3 is 12.0 Å². The van der Waals surface area contributed by atoms with Crippen LogP contribution in [0, 0.1) is 6.92 Å². The van der Waals surface area contributed by atoms with Crippen molar-refractivity contribution in [1.29, 1.82) is 0 Å². The Bertz CT molecular complexity index is 463. The van der Waals surface area contributed by atoms with Crippen molar-refractivity contribution in [3.8, 4) is 0 Å². The highest BCUT2D eigenvalue weighted by Gasteiger charge is 2.18. The van der Waals surface area contributed by atoms with Crippen molar-refractivity contribution in [3.05, 3.63) is 29.6 Å². The van der Waals surface area contributed by atoms with Crippen LogP contribution in [-0.2, 0) is 11.3 Å². The first-order chi connectivity index (χ1) is 9.54. The molecule has 0 aliphatic rings. The predicted octanol–water partition coefficient (Wildman–Crippen LogP) is 1.83. The molecule has 1 atom stereocenters. The minimum atomic E-state index is -1.01. The molecule has 0 bridgehead atoms. The molecule has 20 heavy (non-hydrogen) atoms. The number of rotatable bonds is 7. The van der Waals surface area contributed by atoms with E-state index in [2.05, 4.69) is 15.6 Å². The van der Waals surface area contributed by atoms with Crippen molar-refractivity contribution < 1.29 is 14.7 Å². The van der Waals surface area contributed by atoms with Gasteiger partial charge in [0.15, 0.2) is 0 Å². The monoisotopic (exact) mass is 279 g/mol. The Hall–Kier alpha value is -2.11. The fraction of sp³-hybridized carbons (Fsp3) is 0.500. The summed E-state index contributed by atoms with van der Waals surface area (Å²) in [5, 5.41) is 14.1. The zero-order chi connectivity index (χ0) is 15.0. The highest BCUT2D eigenvalue weighted by atomic mass is 16.4. The Kier molecular flexibility index (Phi) is 6.49. The number of carboxylic acids is 1. The van der Waals surface area contributed by atoms with Crippen LogP contribution in [0.25, 0.3) is 0 Å². The largest absolute Gasteiger partial charge is 0.480 e. The molecule has 1 rings (SSSR count). The Morgan fingerprint density at radius 2 is 2.20 bits per heavy atom. The van der Waals surface area contributed by atoms with Gasteiger partial charge in [0.1, 0.15) is 6.04 Å². The number of carbonyl (C=O) groups is 2. The average molecular weight is 279 g/mol. The number of hydrogen-bond donors (Lipinski definition) is 3. The van der Waals surface area contributed by atoms with Crippen LogP contribution in [-0.4, -0.2) is 28.1 Å². The van der Waals surface area contributed by atoms with Crippen LogP contribution >= 0.6 is 0 Å². The number of hydrogen-bond acceptors (Lipinski definition) is 3. The molecule has 1 aromatic heterocycles. The Balaban J connectivity index is 2.46. The van der Waals surface area contributed by atoms with Gasteiger partial charge in [0.05, 0.1) is 12.2 Å². The van der Waals surface area contributed by atoms with Crippen LogP contribution in [0.5, 0.6) is 0 Å². The predicted molar refractivity (Wildman–Crippen MR) is 75.3 cm³/mol. The van der Waals surface area contributed by atoms with E-state index < -0.39 is 18.0 Å². The number of aryl methyl sites for hydroxylation is 1. The highest BCUT2D eigenvalue weighted by Crippen LogP contribution is 2.03. The van der Waals surface area contributed by atoms with Crippen LogP contribution in [0.3, 0.4) is 0 Å². The highest BCUT2D eigenvalue weighted by molar-refractivity contribution is 5.82. The lowest BCUT2D eigenvalue weighted by Crippen LogP contribution is -2.45. The molecule has 0 radical (unpaired) electrons. The van der Waals surface area contributed by atoms with E-state index in [1.807, 2.05) is 26.0 Å². The van der Waals surface area contributed by atoms with Crippen LogP contribution < -0.4 is 10.6 Å². The van der Waals surface area contributed by atoms with Crippen molar-refractivity contribution in [2.24, 2.45) is 0 Å². The van der Waals surface area contributed by atoms with Crippen LogP contribution in [0.15, 0.2) is 18.3 Å². The fourth-order valence-corrected chi connectivity index (χ4v) is 1.74. The maximum Gasteiger partial charge on any atom is 0.326 e. The molecule has 110 valence electrons. The number of aromatic nitrogens is 1. The normalized spacial score (nSPS) is 11.7. The van der Waals surface area contributed by atoms with Crippen molar-refractivity contribution in [3.63, 3.8) is 0 Å². The van der Waals surface area contributed by atoms with Crippen LogP contribution in [0.4, 0.5) is 4.79 Å². The van der Waals surface area contributed by atoms with E-state index in [1.54, 1.807) is 6.20 Å². The molecule has 1 heterocycles. The first-order valence-corrected chi connectivity index (χ1v) is 6.72. The number of nitrogens with one attached hydrogen (secondary N) is 2. The summed E-state index contributed by atoms with van der Waals surface area (Å²) in [7, 11) is 0. The molecular weight excluding hydrogens is 258 g/mol. The number of unbranched alkanes of at least 4 members (excludes halogenated alkanes) is 1. The molecule has 0 spiro atoms. The Morgan fingerprint density at radius 3 is 2.80 bits per heavy atom. The summed E-state index contributed by atoms with van der Waals surface area (Å²) in [6.45, 7) is 4.16. The van der Waals surface area contributed by atoms with Crippen molar-refractivity contribution in [2.45, 2.75) is 45.7 Å². The van der Waals surface area contributed by atoms with Gasteiger partial charge in [-0.2, -0.15) is 0 Å². The fourth-order valence-electron chi connectivity index (χ4n) is 1.74. The minimum absolute atomic E-state index is 0.276. The summed E-state index contributed by atoms with van der Waals surface area (Å²) in [5.41, 5.74) is 1.75. The minimum Gasteiger partial charge on any atom is -0.480 e. The molecular formula is C14H21N3O3. The molecule has 0 aliphatic carbocycles. The summed E-state index contributed by atoms with van der Waals surface area (Å²) in [5.74, 6) is -1.01. The molecule has 6 nitrogen and oxygen atoms in total. The van der Waals surface area contributed by atoms with Gasteiger partial charge in [-0.25, -0.2) is 9.59 Å². The van der Waals surface area contributed by atoms with E-state index in [-0.39, 0.29) is 6.54 Å². The molecule has 0 fully saturated rings. The molecule has 3 N–H and O–H groups in total. The van der Waals surface area contributed by atoms with Gasteiger partial charge in [-0.15, -0.1) is 0 Å². The van der Waals surface area contributed by atoms with Gasteiger partial charge in [0.2, 0.25) is 0 Å². The SMILES string of the molecule is CCCC[C@H](NC(=O)NCc1ncccc1C)C(=O)O. The summed E-state index contributed by atoms with van der Waals surface area (Å²) in [4.78, 5) is 26.9. The zero-order valence-electron chi connectivity index (χ0n) is 11.8. The summed E-state index contributed by atoms with van der Waals surface area (Å²) >= 11 is 0. The maximum absolute atomic E-state index is 11.7. The summed E-state index contributed by atoms with van der Waals surface area (Å²) in [6.07, 6.45) is 3.74. The van der Waals surface area contributed by atoms with Crippen LogP contribution in [0.2, 0.25) is 0 Å². The lowest BCUT2D eigenvalue weighted by Gasteiger charge is -2.15. The number of urea groups is 1. The molecule has 0 unspecified atom stereocenters. The molecule has 0 aromatic carbocycles. The number of pyridine rings is 1. The Labute approximate surface area is 118 Å². The zero-order valence-corrected chi connectivity index (χ0v) is 11.8. The van der Waals surface area contributed by atoms with Crippen molar-refractivity contribution in [1.82, 2.24) is 15.6 Å². The second-order valence-corrected chi connectivity index (χ2v) is 4.63. The van der Waals surface area contributed by atoms with E-state index >= 15 is 0 Å². The smallest absolute Gasteiger partial charge is 0.326 e. The molecule has 0 saturated carbocycles. The lowest BCUT2D eigenvalue weighted by atomic mass is 10.1. The van der Waals surface area contributed by atoms with E-state index in [1.165, 1.54) is 0 Å². The average Bonchev–Trinajstić information content (AvgIpc) is 2.42. The number of aliphatic carboxylic acids is 1. The molecule has 6 heteroatoms. The van der Waals surface area contributed by atoms with E-state index in [0.29, 0.717) is 6.42 Å². The van der Waals surface area contributed by atoms with Gasteiger partial charge in [0, 0.05) is 6.20 Å². The van der Waals surface area contributed by atoms with E-state index in [9.17, 15) is 9.59 Å². The maximum atomic E-state index is 11.7. The molecule has 1 aromatic rings. The first-order valence-electron chi connectivity index (χ1n) is 6.72. The van der Waals surface area contributed by atoms with Gasteiger partial charge in [-0.05, 0) is 25.0 Å². The summed E-state index contributed by atoms with van der Waals surface area (Å²) < 4.78 is 0. The van der Waals surface area contributed by atoms with E-state index in [0.717, 1.165) is 24.1 Å². The third kappa shape index (κ3) is 5.26. The second kappa shape index (κ2) is 8.14. The number of nitrogens with zero attached hydrogens (tertiary/aromatic N) is 1. The lowest BCUT2D eigenvalue weighted by molar-refractivity contribution is -0.139. The second-order valence-electron chi connectivity index (χ2n) is 4.63. The molecule has 0 aliphatic heterocycles. The Morgan fingerprint density at radius 1 is 1.45 bits per heavy atom. The molecule has 0 saturated heterocycles. The van der Waals surface area contributed by atoms with Crippen molar-refractivity contribution in [2.75, 3.05) is 0 Å². The van der Waals surface area contributed by atoms with Crippen molar-refractivity contribution >= 4 is 12.0 Å². The standard InChI is InChI=1S/C14H21N3O3/c1-3-4-7-11(13(18)19)17-14(20)16-9-12-10(2)6-5-8-15-12/h5-6,8,11H,3-4,7,9H2,1-2H3,(H,18,19)(H2,16,17,20)/t11-/m0/s1. The van der Waals surface area contributed by atoms with Gasteiger partial charge in [-0.1, -0.05) is 25.8 Å². The quantitative estimate of drug-likeness (QED) is 0.710. The van der Waals surface area contributed by atoms with Gasteiger partial charge < -0.3 is 15.7 Å². The third-order valence-corrected chi connectivity index (χ3v) is 2.98. The first kappa shape index (κ1) is 15.9. The topological polar surface area (TPSA) is 91.3 Å². The number of carboxylic acid groups (broad SMARTS) is 1. The summed E-state index contributed by atoms with van der Waals surface area (Å²) in [6, 6.07) is 2.39. The van der Waals surface area contributed by atoms with Gasteiger partial charge in [-0.3, -0.25) is 4.98 Å². The van der Waals surface area contributed by atoms with Gasteiger partial charge in [0.25, 0.3) is 0 Å². The number of amides is 2. The molecule has 2 amide bonds. The third-order valence-electron chi connectivity index (χ3n) is 2.98. The number of carbonyl (C=O) groups excluding carboxylic acids is 1. The van der Waals surface area contributed by atoms with Crippen LogP contribution in [0.1, 0.15) is 37.4 Å².